The predicted molar refractivity (Wildman–Crippen MR) is 36.8 cm³/mol. The van der Waals surface area contributed by atoms with Gasteiger partial charge in [0, 0.05) is 0 Å². The lowest BCUT2D eigenvalue weighted by atomic mass is 10.0. The number of rotatable bonds is 1. The molecule has 0 N–H and O–H groups in total. The highest BCUT2D eigenvalue weighted by Crippen LogP contribution is 2.13. The van der Waals surface area contributed by atoms with Gasteiger partial charge in [-0.2, -0.15) is 0 Å². The zero-order valence-corrected chi connectivity index (χ0v) is 5.42. The maximum absolute atomic E-state index is 10.2. The van der Waals surface area contributed by atoms with E-state index in [9.17, 15) is 4.79 Å². The van der Waals surface area contributed by atoms with Crippen LogP contribution in [0.4, 0.5) is 0 Å². The van der Waals surface area contributed by atoms with Gasteiger partial charge in [0.1, 0.15) is 6.29 Å². The Morgan fingerprint density at radius 3 is 2.89 bits per heavy atom. The maximum Gasteiger partial charge on any atom is 0.146 e. The van der Waals surface area contributed by atoms with E-state index >= 15 is 0 Å². The predicted octanol–water partition coefficient (Wildman–Crippen LogP) is 1.67. The molecule has 0 amide bonds. The highest BCUT2D eigenvalue weighted by Gasteiger charge is 1.99. The molecule has 0 heterocycles. The van der Waals surface area contributed by atoms with Crippen molar-refractivity contribution in [2.45, 2.75) is 13.3 Å². The lowest BCUT2D eigenvalue weighted by molar-refractivity contribution is -0.104. The number of hydrogen-bond donors (Lipinski definition) is 0. The number of carbonyl (C=O) groups excluding carboxylic acids is 1. The van der Waals surface area contributed by atoms with Crippen molar-refractivity contribution < 1.29 is 4.79 Å². The molecule has 0 saturated carbocycles. The monoisotopic (exact) mass is 121 g/mol. The second kappa shape index (κ2) is 2.62. The van der Waals surface area contributed by atoms with Crippen molar-refractivity contribution in [2.24, 2.45) is 0 Å². The van der Waals surface area contributed by atoms with Gasteiger partial charge >= 0.3 is 0 Å². The molecule has 0 spiro atoms. The van der Waals surface area contributed by atoms with Crippen molar-refractivity contribution in [2.75, 3.05) is 0 Å². The van der Waals surface area contributed by atoms with Gasteiger partial charge < -0.3 is 0 Å². The van der Waals surface area contributed by atoms with Gasteiger partial charge in [-0.05, 0) is 25.3 Å². The minimum Gasteiger partial charge on any atom is -0.298 e. The molecule has 0 aromatic heterocycles. The van der Waals surface area contributed by atoms with Crippen LogP contribution in [0.2, 0.25) is 0 Å². The smallest absolute Gasteiger partial charge is 0.146 e. The minimum atomic E-state index is 0.801. The Hall–Kier alpha value is -0.850. The van der Waals surface area contributed by atoms with E-state index in [1.165, 1.54) is 5.57 Å². The summed E-state index contributed by atoms with van der Waals surface area (Å²) >= 11 is 0. The van der Waals surface area contributed by atoms with Crippen molar-refractivity contribution >= 4 is 6.29 Å². The Balaban J connectivity index is 2.74. The van der Waals surface area contributed by atoms with E-state index in [1.54, 1.807) is 0 Å². The summed E-state index contributed by atoms with van der Waals surface area (Å²) in [5, 5.41) is 0. The number of aldehydes is 1. The summed E-state index contributed by atoms with van der Waals surface area (Å²) < 4.78 is 0. The summed E-state index contributed by atoms with van der Waals surface area (Å²) in [4.78, 5) is 10.2. The zero-order chi connectivity index (χ0) is 6.69. The molecule has 1 radical (unpaired) electrons. The topological polar surface area (TPSA) is 17.1 Å². The van der Waals surface area contributed by atoms with E-state index in [1.807, 2.05) is 19.4 Å². The summed E-state index contributed by atoms with van der Waals surface area (Å²) in [6, 6.07) is 0. The molecular formula is C8H9O. The van der Waals surface area contributed by atoms with Gasteiger partial charge in [0.2, 0.25) is 0 Å². The van der Waals surface area contributed by atoms with Crippen LogP contribution < -0.4 is 0 Å². The van der Waals surface area contributed by atoms with Crippen molar-refractivity contribution in [3.05, 3.63) is 29.7 Å². The summed E-state index contributed by atoms with van der Waals surface area (Å²) in [6.45, 7) is 2.00. The van der Waals surface area contributed by atoms with Crippen molar-refractivity contribution in [1.82, 2.24) is 0 Å². The first-order valence-corrected chi connectivity index (χ1v) is 3.00. The Morgan fingerprint density at radius 1 is 1.67 bits per heavy atom. The Morgan fingerprint density at radius 2 is 2.44 bits per heavy atom. The molecule has 47 valence electrons. The van der Waals surface area contributed by atoms with Gasteiger partial charge in [0.05, 0.1) is 0 Å². The van der Waals surface area contributed by atoms with Crippen LogP contribution in [0.1, 0.15) is 13.3 Å². The third-order valence-corrected chi connectivity index (χ3v) is 1.32. The van der Waals surface area contributed by atoms with Crippen molar-refractivity contribution in [3.63, 3.8) is 0 Å². The zero-order valence-electron chi connectivity index (χ0n) is 5.42. The second-order valence-corrected chi connectivity index (χ2v) is 2.15. The first kappa shape index (κ1) is 6.27. The second-order valence-electron chi connectivity index (χ2n) is 2.15. The van der Waals surface area contributed by atoms with Crippen LogP contribution >= 0.6 is 0 Å². The molecule has 9 heavy (non-hydrogen) atoms. The molecule has 0 atom stereocenters. The van der Waals surface area contributed by atoms with Crippen LogP contribution in [0, 0.1) is 6.42 Å². The molecule has 0 aromatic carbocycles. The average Bonchev–Trinajstić information content (AvgIpc) is 1.88. The Labute approximate surface area is 55.1 Å². The summed E-state index contributed by atoms with van der Waals surface area (Å²) in [5.74, 6) is 0. The highest BCUT2D eigenvalue weighted by molar-refractivity contribution is 5.77. The third-order valence-electron chi connectivity index (χ3n) is 1.32. The van der Waals surface area contributed by atoms with Gasteiger partial charge in [-0.3, -0.25) is 4.79 Å². The maximum atomic E-state index is 10.2. The molecule has 1 nitrogen and oxygen atoms in total. The van der Waals surface area contributed by atoms with Crippen LogP contribution in [0.5, 0.6) is 0 Å². The van der Waals surface area contributed by atoms with Crippen LogP contribution in [0.15, 0.2) is 23.3 Å². The van der Waals surface area contributed by atoms with Gasteiger partial charge in [-0.1, -0.05) is 17.7 Å². The van der Waals surface area contributed by atoms with Crippen LogP contribution in [0.25, 0.3) is 0 Å². The van der Waals surface area contributed by atoms with Crippen molar-refractivity contribution in [1.29, 1.82) is 0 Å². The summed E-state index contributed by atoms with van der Waals surface area (Å²) in [5.41, 5.74) is 1.98. The van der Waals surface area contributed by atoms with Gasteiger partial charge in [-0.15, -0.1) is 0 Å². The van der Waals surface area contributed by atoms with E-state index in [2.05, 4.69) is 6.08 Å². The van der Waals surface area contributed by atoms with Crippen LogP contribution in [-0.4, -0.2) is 6.29 Å². The fourth-order valence-electron chi connectivity index (χ4n) is 0.844. The van der Waals surface area contributed by atoms with Crippen LogP contribution in [-0.2, 0) is 4.79 Å². The molecular weight excluding hydrogens is 112 g/mol. The molecule has 1 aliphatic carbocycles. The van der Waals surface area contributed by atoms with E-state index in [-0.39, 0.29) is 0 Å². The number of hydrogen-bond acceptors (Lipinski definition) is 1. The average molecular weight is 121 g/mol. The molecule has 0 saturated heterocycles. The van der Waals surface area contributed by atoms with E-state index < -0.39 is 0 Å². The molecule has 1 rings (SSSR count). The molecule has 0 unspecified atom stereocenters. The summed E-state index contributed by atoms with van der Waals surface area (Å²) in [7, 11) is 0. The fraction of sp³-hybridized carbons (Fsp3) is 0.250. The van der Waals surface area contributed by atoms with E-state index in [0.717, 1.165) is 18.3 Å². The van der Waals surface area contributed by atoms with Gasteiger partial charge in [-0.25, -0.2) is 0 Å². The molecule has 0 fully saturated rings. The standard InChI is InChI=1S/C8H9O/c1-7-3-2-4-8(5-7)6-9/h3-6H,2H2,1H3. The molecule has 1 aliphatic rings. The molecule has 1 heteroatoms. The largest absolute Gasteiger partial charge is 0.298 e. The van der Waals surface area contributed by atoms with Crippen molar-refractivity contribution in [3.8, 4) is 0 Å². The number of allylic oxidation sites excluding steroid dienone is 4. The van der Waals surface area contributed by atoms with E-state index in [0.29, 0.717) is 0 Å². The SMILES string of the molecule is CC1=CC[CH]C(C=O)=C1. The minimum absolute atomic E-state index is 0.801. The molecule has 0 aromatic rings. The lowest BCUT2D eigenvalue weighted by Gasteiger charge is -2.03. The van der Waals surface area contributed by atoms with Gasteiger partial charge in [0.25, 0.3) is 0 Å². The first-order chi connectivity index (χ1) is 4.33. The normalized spacial score (nSPS) is 18.3. The molecule has 0 bridgehead atoms. The van der Waals surface area contributed by atoms with Gasteiger partial charge in [0.15, 0.2) is 0 Å². The first-order valence-electron chi connectivity index (χ1n) is 3.00. The van der Waals surface area contributed by atoms with E-state index in [4.69, 9.17) is 0 Å². The molecule has 0 aliphatic heterocycles. The summed E-state index contributed by atoms with van der Waals surface area (Å²) in [6.07, 6.45) is 7.68. The Kier molecular flexibility index (Phi) is 1.83. The highest BCUT2D eigenvalue weighted by atomic mass is 16.1. The third kappa shape index (κ3) is 1.53. The Bertz CT molecular complexity index is 175. The number of carbonyl (C=O) groups is 1. The van der Waals surface area contributed by atoms with Crippen LogP contribution in [0.3, 0.4) is 0 Å². The quantitative estimate of drug-likeness (QED) is 0.482. The fourth-order valence-corrected chi connectivity index (χ4v) is 0.844. The lowest BCUT2D eigenvalue weighted by Crippen LogP contribution is -1.91.